The van der Waals surface area contributed by atoms with Crippen molar-refractivity contribution in [2.45, 2.75) is 68.5 Å². The molecular weight excluding hydrogens is 584 g/mol. The fourth-order valence-electron chi connectivity index (χ4n) is 6.31. The number of ether oxygens (including phenoxy) is 5. The third kappa shape index (κ3) is 7.26. The lowest BCUT2D eigenvalue weighted by molar-refractivity contribution is -0.167. The van der Waals surface area contributed by atoms with Crippen LogP contribution >= 0.6 is 0 Å². The highest BCUT2D eigenvalue weighted by molar-refractivity contribution is 5.79. The fraction of sp³-hybridized carbons (Fsp3) is 0.342. The third-order valence-corrected chi connectivity index (χ3v) is 8.82. The molecule has 0 spiro atoms. The van der Waals surface area contributed by atoms with E-state index in [1.54, 1.807) is 14.2 Å². The molecule has 240 valence electrons. The Morgan fingerprint density at radius 2 is 1.54 bits per heavy atom. The van der Waals surface area contributed by atoms with Crippen LogP contribution in [-0.2, 0) is 23.8 Å². The fourth-order valence-corrected chi connectivity index (χ4v) is 6.31. The first-order valence-corrected chi connectivity index (χ1v) is 15.4. The van der Waals surface area contributed by atoms with Crippen LogP contribution in [-0.4, -0.2) is 49.1 Å². The molecule has 3 aromatic rings. The Kier molecular flexibility index (Phi) is 10.4. The maximum absolute atomic E-state index is 12.1. The number of fused-ring (bicyclic) bond motifs is 1. The van der Waals surface area contributed by atoms with Gasteiger partial charge in [0.05, 0.1) is 32.5 Å². The Morgan fingerprint density at radius 1 is 0.935 bits per heavy atom. The number of carboxylic acids is 1. The van der Waals surface area contributed by atoms with Gasteiger partial charge in [0.1, 0.15) is 17.6 Å². The lowest BCUT2D eigenvalue weighted by Gasteiger charge is -2.38. The van der Waals surface area contributed by atoms with Gasteiger partial charge in [-0.2, -0.15) is 0 Å². The van der Waals surface area contributed by atoms with Gasteiger partial charge in [0.15, 0.2) is 5.60 Å². The van der Waals surface area contributed by atoms with Crippen molar-refractivity contribution in [2.24, 2.45) is 0 Å². The van der Waals surface area contributed by atoms with Gasteiger partial charge in [-0.25, -0.2) is 0 Å². The zero-order valence-corrected chi connectivity index (χ0v) is 26.3. The molecule has 0 aromatic heterocycles. The maximum Gasteiger partial charge on any atom is 0.306 e. The van der Waals surface area contributed by atoms with Crippen molar-refractivity contribution in [2.75, 3.05) is 14.2 Å². The molecule has 0 saturated carbocycles. The number of methoxy groups -OCH3 is 2. The van der Waals surface area contributed by atoms with Crippen LogP contribution in [0.4, 0.5) is 0 Å². The zero-order valence-electron chi connectivity index (χ0n) is 26.3. The second-order valence-corrected chi connectivity index (χ2v) is 11.6. The average Bonchev–Trinajstić information content (AvgIpc) is 3.70. The molecule has 3 aliphatic rings. The summed E-state index contributed by atoms with van der Waals surface area (Å²) in [4.78, 5) is 22.8. The summed E-state index contributed by atoms with van der Waals surface area (Å²) < 4.78 is 28.6. The van der Waals surface area contributed by atoms with Gasteiger partial charge in [0, 0.05) is 31.3 Å². The van der Waals surface area contributed by atoms with E-state index in [-0.39, 0.29) is 36.8 Å². The first kappa shape index (κ1) is 32.8. The minimum atomic E-state index is -0.815. The third-order valence-electron chi connectivity index (χ3n) is 8.82. The Balaban J connectivity index is 0.000000188. The zero-order chi connectivity index (χ0) is 32.7. The van der Waals surface area contributed by atoms with Crippen LogP contribution in [0.15, 0.2) is 103 Å². The van der Waals surface area contributed by atoms with Crippen molar-refractivity contribution < 1.29 is 38.4 Å². The minimum absolute atomic E-state index is 0.0658. The van der Waals surface area contributed by atoms with Gasteiger partial charge in [0.2, 0.25) is 0 Å². The summed E-state index contributed by atoms with van der Waals surface area (Å²) in [6.45, 7) is 7.96. The van der Waals surface area contributed by atoms with Gasteiger partial charge in [-0.15, -0.1) is 5.73 Å². The number of hydrogen-bond donors (Lipinski definition) is 1. The number of rotatable bonds is 9. The second kappa shape index (κ2) is 14.6. The van der Waals surface area contributed by atoms with Gasteiger partial charge in [-0.1, -0.05) is 67.8 Å². The van der Waals surface area contributed by atoms with E-state index in [1.807, 2.05) is 78.9 Å². The number of carboxylic acid groups (broad SMARTS) is 1. The minimum Gasteiger partial charge on any atom is -0.497 e. The Labute approximate surface area is 269 Å². The number of hydrogen-bond acceptors (Lipinski definition) is 7. The Bertz CT molecular complexity index is 1570. The molecule has 5 atom stereocenters. The summed E-state index contributed by atoms with van der Waals surface area (Å²) in [7, 11) is 3.27. The van der Waals surface area contributed by atoms with E-state index in [4.69, 9.17) is 28.8 Å². The molecule has 3 aromatic carbocycles. The molecule has 0 aliphatic carbocycles. The van der Waals surface area contributed by atoms with E-state index in [9.17, 15) is 9.59 Å². The normalized spacial score (nSPS) is 24.9. The maximum atomic E-state index is 12.1. The molecule has 3 heterocycles. The first-order valence-electron chi connectivity index (χ1n) is 15.4. The highest BCUT2D eigenvalue weighted by Gasteiger charge is 2.56. The van der Waals surface area contributed by atoms with E-state index >= 15 is 0 Å². The summed E-state index contributed by atoms with van der Waals surface area (Å²) in [6, 6.07) is 25.4. The van der Waals surface area contributed by atoms with Crippen LogP contribution in [0.3, 0.4) is 0 Å². The molecule has 3 aliphatic heterocycles. The number of benzene rings is 3. The number of aliphatic carboxylic acids is 1. The summed E-state index contributed by atoms with van der Waals surface area (Å²) in [5, 5.41) is 8.76. The van der Waals surface area contributed by atoms with Gasteiger partial charge in [-0.05, 0) is 59.4 Å². The van der Waals surface area contributed by atoms with Crippen molar-refractivity contribution in [3.05, 3.63) is 120 Å². The van der Waals surface area contributed by atoms with Crippen molar-refractivity contribution in [3.63, 3.8) is 0 Å². The molecule has 3 saturated heterocycles. The van der Waals surface area contributed by atoms with Crippen molar-refractivity contribution in [1.29, 1.82) is 0 Å². The number of carbonyl (C=O) groups is 2. The lowest BCUT2D eigenvalue weighted by atomic mass is 9.79. The molecule has 5 unspecified atom stereocenters. The summed E-state index contributed by atoms with van der Waals surface area (Å²) >= 11 is 0. The van der Waals surface area contributed by atoms with Crippen LogP contribution in [0.5, 0.6) is 11.5 Å². The average molecular weight is 625 g/mol. The smallest absolute Gasteiger partial charge is 0.306 e. The van der Waals surface area contributed by atoms with Gasteiger partial charge in [-0.3, -0.25) is 9.59 Å². The summed E-state index contributed by atoms with van der Waals surface area (Å²) in [5.74, 6) is 0.606. The molecular formula is C38H40O8. The van der Waals surface area contributed by atoms with E-state index in [2.05, 4.69) is 18.9 Å². The van der Waals surface area contributed by atoms with Gasteiger partial charge < -0.3 is 28.8 Å². The molecule has 8 heteroatoms. The van der Waals surface area contributed by atoms with Crippen LogP contribution in [0.2, 0.25) is 0 Å². The number of carbonyl (C=O) groups excluding carboxylic acids is 1. The highest BCUT2D eigenvalue weighted by atomic mass is 16.6. The topological polar surface area (TPSA) is 101 Å². The monoisotopic (exact) mass is 624 g/mol. The predicted octanol–water partition coefficient (Wildman–Crippen LogP) is 7.42. The lowest BCUT2D eigenvalue weighted by Crippen LogP contribution is -2.47. The highest BCUT2D eigenvalue weighted by Crippen LogP contribution is 2.52. The predicted molar refractivity (Wildman–Crippen MR) is 174 cm³/mol. The van der Waals surface area contributed by atoms with E-state index in [0.717, 1.165) is 39.3 Å². The SMILES string of the molecule is C=C(c1ccccc1)C12CC(c3ccc(OC)cc3)OC1CCC(=O)O2.C=C=C1CC(c2ccc(OC)cc2)OC1CCC(=O)O. The van der Waals surface area contributed by atoms with E-state index in [1.165, 1.54) is 0 Å². The Hall–Kier alpha value is -4.62. The molecule has 3 fully saturated rings. The molecule has 0 amide bonds. The van der Waals surface area contributed by atoms with E-state index < -0.39 is 11.6 Å². The van der Waals surface area contributed by atoms with Crippen LogP contribution in [0.1, 0.15) is 67.4 Å². The largest absolute Gasteiger partial charge is 0.497 e. The van der Waals surface area contributed by atoms with Crippen molar-refractivity contribution >= 4 is 17.5 Å². The molecule has 0 bridgehead atoms. The summed E-state index contributed by atoms with van der Waals surface area (Å²) in [5.41, 5.74) is 6.93. The van der Waals surface area contributed by atoms with Crippen molar-refractivity contribution in [3.8, 4) is 11.5 Å². The van der Waals surface area contributed by atoms with Crippen LogP contribution < -0.4 is 9.47 Å². The first-order chi connectivity index (χ1) is 22.3. The van der Waals surface area contributed by atoms with Crippen LogP contribution in [0.25, 0.3) is 5.57 Å². The second-order valence-electron chi connectivity index (χ2n) is 11.6. The molecule has 6 rings (SSSR count). The van der Waals surface area contributed by atoms with Crippen LogP contribution in [0, 0.1) is 0 Å². The quantitative estimate of drug-likeness (QED) is 0.194. The Morgan fingerprint density at radius 3 is 2.11 bits per heavy atom. The van der Waals surface area contributed by atoms with E-state index in [0.29, 0.717) is 32.1 Å². The van der Waals surface area contributed by atoms with Gasteiger partial charge in [0.25, 0.3) is 0 Å². The molecule has 1 N–H and O–H groups in total. The molecule has 8 nitrogen and oxygen atoms in total. The van der Waals surface area contributed by atoms with Gasteiger partial charge >= 0.3 is 11.9 Å². The standard InChI is InChI=1S/C22H22O4.C16H18O4/c1-15(16-6-4-3-5-7-16)22-14-19(17-8-10-18(24-2)11-9-17)25-20(22)12-13-21(23)26-22;1-3-11-10-15(20-14(11)8-9-16(17)18)12-4-6-13(19-2)7-5-12/h3-11,19-20H,1,12-14H2,2H3;4-7,14-15H,1,8-10H2,2H3,(H,17,18). The number of esters is 1. The summed E-state index contributed by atoms with van der Waals surface area (Å²) in [6.07, 6.45) is 2.27. The molecule has 0 radical (unpaired) electrons. The van der Waals surface area contributed by atoms with Crippen molar-refractivity contribution in [1.82, 2.24) is 0 Å². The molecule has 46 heavy (non-hydrogen) atoms.